The zero-order valence-electron chi connectivity index (χ0n) is 13.8. The maximum atomic E-state index is 3.77. The van der Waals surface area contributed by atoms with Crippen molar-refractivity contribution in [3.8, 4) is 0 Å². The van der Waals surface area contributed by atoms with Gasteiger partial charge in [0.15, 0.2) is 0 Å². The molecule has 1 saturated heterocycles. The molecular formula is C18H30N2S. The summed E-state index contributed by atoms with van der Waals surface area (Å²) in [6, 6.07) is 5.43. The van der Waals surface area contributed by atoms with Crippen molar-refractivity contribution in [2.75, 3.05) is 19.6 Å². The van der Waals surface area contributed by atoms with Gasteiger partial charge in [0.05, 0.1) is 0 Å². The quantitative estimate of drug-likeness (QED) is 0.884. The van der Waals surface area contributed by atoms with Crippen molar-refractivity contribution in [2.24, 2.45) is 5.92 Å². The summed E-state index contributed by atoms with van der Waals surface area (Å²) in [5, 5.41) is 3.77. The van der Waals surface area contributed by atoms with Gasteiger partial charge in [0.1, 0.15) is 0 Å². The van der Waals surface area contributed by atoms with Crippen LogP contribution in [0.2, 0.25) is 0 Å². The van der Waals surface area contributed by atoms with Crippen LogP contribution in [0.4, 0.5) is 0 Å². The Bertz CT molecular complexity index is 448. The largest absolute Gasteiger partial charge is 0.314 e. The van der Waals surface area contributed by atoms with E-state index < -0.39 is 0 Å². The van der Waals surface area contributed by atoms with Gasteiger partial charge in [-0.15, -0.1) is 11.3 Å². The predicted octanol–water partition coefficient (Wildman–Crippen LogP) is 4.01. The summed E-state index contributed by atoms with van der Waals surface area (Å²) in [7, 11) is 0. The highest BCUT2D eigenvalue weighted by Crippen LogP contribution is 2.31. The van der Waals surface area contributed by atoms with Crippen molar-refractivity contribution >= 4 is 11.3 Å². The van der Waals surface area contributed by atoms with Crippen LogP contribution in [0.25, 0.3) is 0 Å². The monoisotopic (exact) mass is 306 g/mol. The average molecular weight is 307 g/mol. The molecule has 0 bridgehead atoms. The molecule has 0 radical (unpaired) electrons. The average Bonchev–Trinajstić information content (AvgIpc) is 3.14. The van der Waals surface area contributed by atoms with Crippen molar-refractivity contribution in [1.82, 2.24) is 10.2 Å². The van der Waals surface area contributed by atoms with Gasteiger partial charge < -0.3 is 5.32 Å². The fraction of sp³-hybridized carbons (Fsp3) is 0.778. The number of hydrogen-bond acceptors (Lipinski definition) is 3. The number of likely N-dealkylation sites (tertiary alicyclic amines) is 1. The lowest BCUT2D eigenvalue weighted by molar-refractivity contribution is 0.191. The minimum Gasteiger partial charge on any atom is -0.314 e. The fourth-order valence-electron chi connectivity index (χ4n) is 3.04. The smallest absolute Gasteiger partial charge is 0.0328 e. The maximum Gasteiger partial charge on any atom is 0.0328 e. The van der Waals surface area contributed by atoms with Crippen molar-refractivity contribution in [3.05, 3.63) is 21.9 Å². The molecule has 3 heteroatoms. The van der Waals surface area contributed by atoms with Gasteiger partial charge in [0.2, 0.25) is 0 Å². The Morgan fingerprint density at radius 3 is 2.43 bits per heavy atom. The molecule has 1 aromatic rings. The van der Waals surface area contributed by atoms with Crippen LogP contribution in [0.3, 0.4) is 0 Å². The molecule has 1 aliphatic carbocycles. The Labute approximate surface area is 133 Å². The van der Waals surface area contributed by atoms with Gasteiger partial charge in [-0.3, -0.25) is 4.90 Å². The molecular weight excluding hydrogens is 276 g/mol. The van der Waals surface area contributed by atoms with E-state index in [2.05, 4.69) is 43.1 Å². The second-order valence-corrected chi connectivity index (χ2v) is 9.09. The molecule has 2 fully saturated rings. The van der Waals surface area contributed by atoms with E-state index >= 15 is 0 Å². The Morgan fingerprint density at radius 2 is 1.86 bits per heavy atom. The van der Waals surface area contributed by atoms with Crippen LogP contribution in [0.5, 0.6) is 0 Å². The zero-order valence-corrected chi connectivity index (χ0v) is 14.6. The minimum absolute atomic E-state index is 0.294. The topological polar surface area (TPSA) is 15.3 Å². The van der Waals surface area contributed by atoms with Crippen LogP contribution in [0.15, 0.2) is 12.1 Å². The van der Waals surface area contributed by atoms with E-state index in [9.17, 15) is 0 Å². The molecule has 1 saturated carbocycles. The molecule has 0 atom stereocenters. The van der Waals surface area contributed by atoms with E-state index in [0.29, 0.717) is 5.41 Å². The van der Waals surface area contributed by atoms with E-state index in [4.69, 9.17) is 0 Å². The van der Waals surface area contributed by atoms with E-state index in [1.165, 1.54) is 55.1 Å². The standard InChI is InChI=1S/C18H30N2S/c1-18(2,3)17-7-6-16(21-17)13-20-10-8-15(9-11-20)19-12-14-4-5-14/h6-7,14-15,19H,4-5,8-13H2,1-3H3. The summed E-state index contributed by atoms with van der Waals surface area (Å²) in [4.78, 5) is 5.68. The van der Waals surface area contributed by atoms with Gasteiger partial charge in [-0.1, -0.05) is 20.8 Å². The van der Waals surface area contributed by atoms with Crippen molar-refractivity contribution in [1.29, 1.82) is 0 Å². The highest BCUT2D eigenvalue weighted by Gasteiger charge is 2.24. The lowest BCUT2D eigenvalue weighted by Gasteiger charge is -2.32. The molecule has 0 aromatic carbocycles. The SMILES string of the molecule is CC(C)(C)c1ccc(CN2CCC(NCC3CC3)CC2)s1. The summed E-state index contributed by atoms with van der Waals surface area (Å²) in [6.07, 6.45) is 5.56. The highest BCUT2D eigenvalue weighted by molar-refractivity contribution is 7.12. The third-order valence-electron chi connectivity index (χ3n) is 4.76. The van der Waals surface area contributed by atoms with Gasteiger partial charge in [0.25, 0.3) is 0 Å². The fourth-order valence-corrected chi connectivity index (χ4v) is 4.14. The molecule has 21 heavy (non-hydrogen) atoms. The van der Waals surface area contributed by atoms with Gasteiger partial charge in [-0.2, -0.15) is 0 Å². The summed E-state index contributed by atoms with van der Waals surface area (Å²) in [5.41, 5.74) is 0.294. The molecule has 1 aromatic heterocycles. The number of nitrogens with one attached hydrogen (secondary N) is 1. The first-order chi connectivity index (χ1) is 10.0. The zero-order chi connectivity index (χ0) is 14.9. The maximum absolute atomic E-state index is 3.77. The Kier molecular flexibility index (Phi) is 4.72. The number of thiophene rings is 1. The normalized spacial score (nSPS) is 21.9. The Morgan fingerprint density at radius 1 is 1.14 bits per heavy atom. The van der Waals surface area contributed by atoms with E-state index in [1.807, 2.05) is 11.3 Å². The Hall–Kier alpha value is -0.380. The van der Waals surface area contributed by atoms with Crippen LogP contribution in [-0.2, 0) is 12.0 Å². The molecule has 118 valence electrons. The molecule has 2 nitrogen and oxygen atoms in total. The summed E-state index contributed by atoms with van der Waals surface area (Å²) < 4.78 is 0. The molecule has 3 rings (SSSR count). The molecule has 1 N–H and O–H groups in total. The van der Waals surface area contributed by atoms with Crippen LogP contribution in [0.1, 0.15) is 56.2 Å². The van der Waals surface area contributed by atoms with E-state index in [0.717, 1.165) is 18.5 Å². The number of piperidine rings is 1. The predicted molar refractivity (Wildman–Crippen MR) is 92.0 cm³/mol. The van der Waals surface area contributed by atoms with Gasteiger partial charge in [-0.25, -0.2) is 0 Å². The van der Waals surface area contributed by atoms with Crippen LogP contribution < -0.4 is 5.32 Å². The lowest BCUT2D eigenvalue weighted by atomic mass is 9.95. The minimum atomic E-state index is 0.294. The van der Waals surface area contributed by atoms with Gasteiger partial charge >= 0.3 is 0 Å². The van der Waals surface area contributed by atoms with Crippen LogP contribution in [0, 0.1) is 5.92 Å². The summed E-state index contributed by atoms with van der Waals surface area (Å²) >= 11 is 2.00. The van der Waals surface area contributed by atoms with Crippen molar-refractivity contribution in [2.45, 2.75) is 64.5 Å². The molecule has 0 spiro atoms. The lowest BCUT2D eigenvalue weighted by Crippen LogP contribution is -2.42. The second-order valence-electron chi connectivity index (χ2n) is 7.92. The molecule has 0 unspecified atom stereocenters. The van der Waals surface area contributed by atoms with E-state index in [1.54, 1.807) is 0 Å². The Balaban J connectivity index is 1.43. The highest BCUT2D eigenvalue weighted by atomic mass is 32.1. The number of nitrogens with zero attached hydrogens (tertiary/aromatic N) is 1. The summed E-state index contributed by atoms with van der Waals surface area (Å²) in [6.45, 7) is 11.8. The third kappa shape index (κ3) is 4.54. The molecule has 2 heterocycles. The molecule has 2 aliphatic rings. The number of rotatable bonds is 5. The van der Waals surface area contributed by atoms with Crippen molar-refractivity contribution < 1.29 is 0 Å². The van der Waals surface area contributed by atoms with Gasteiger partial charge in [0, 0.05) is 22.3 Å². The van der Waals surface area contributed by atoms with Gasteiger partial charge in [-0.05, 0) is 68.8 Å². The first kappa shape index (κ1) is 15.5. The first-order valence-electron chi connectivity index (χ1n) is 8.55. The molecule has 0 amide bonds. The third-order valence-corrected chi connectivity index (χ3v) is 6.26. The van der Waals surface area contributed by atoms with Crippen LogP contribution >= 0.6 is 11.3 Å². The summed E-state index contributed by atoms with van der Waals surface area (Å²) in [5.74, 6) is 1.00. The van der Waals surface area contributed by atoms with E-state index in [-0.39, 0.29) is 0 Å². The first-order valence-corrected chi connectivity index (χ1v) is 9.37. The number of hydrogen-bond donors (Lipinski definition) is 1. The second kappa shape index (κ2) is 6.39. The van der Waals surface area contributed by atoms with Crippen LogP contribution in [-0.4, -0.2) is 30.6 Å². The van der Waals surface area contributed by atoms with Crippen molar-refractivity contribution in [3.63, 3.8) is 0 Å². The molecule has 1 aliphatic heterocycles.